The molecule has 1 aliphatic heterocycles. The van der Waals surface area contributed by atoms with E-state index in [2.05, 4.69) is 10.1 Å². The van der Waals surface area contributed by atoms with Crippen molar-refractivity contribution in [1.82, 2.24) is 19.7 Å². The van der Waals surface area contributed by atoms with Gasteiger partial charge in [-0.2, -0.15) is 5.10 Å². The molecule has 1 aromatic carbocycles. The van der Waals surface area contributed by atoms with Gasteiger partial charge in [-0.15, -0.1) is 0 Å². The van der Waals surface area contributed by atoms with Crippen LogP contribution in [0.2, 0.25) is 0 Å². The van der Waals surface area contributed by atoms with Crippen LogP contribution in [-0.4, -0.2) is 59.1 Å². The Morgan fingerprint density at radius 3 is 2.79 bits per heavy atom. The maximum atomic E-state index is 13.4. The summed E-state index contributed by atoms with van der Waals surface area (Å²) in [5.41, 5.74) is 2.67. The van der Waals surface area contributed by atoms with Gasteiger partial charge in [0.1, 0.15) is 15.7 Å². The molecule has 3 heterocycles. The summed E-state index contributed by atoms with van der Waals surface area (Å²) >= 11 is 0. The molecule has 1 N–H and O–H groups in total. The molecule has 154 valence electrons. The van der Waals surface area contributed by atoms with Gasteiger partial charge in [0.2, 0.25) is 5.91 Å². The number of H-pyrrole nitrogens is 1. The molecule has 1 fully saturated rings. The first-order valence-corrected chi connectivity index (χ1v) is 11.6. The smallest absolute Gasteiger partial charge is 0.223 e. The molecule has 1 saturated heterocycles. The van der Waals surface area contributed by atoms with Crippen LogP contribution in [0.5, 0.6) is 0 Å². The van der Waals surface area contributed by atoms with E-state index in [4.69, 9.17) is 0 Å². The fraction of sp³-hybridized carbons (Fsp3) is 0.400. The van der Waals surface area contributed by atoms with Crippen LogP contribution in [0.3, 0.4) is 0 Å². The van der Waals surface area contributed by atoms with Gasteiger partial charge in [0.05, 0.1) is 18.0 Å². The van der Waals surface area contributed by atoms with E-state index in [0.29, 0.717) is 13.1 Å². The summed E-state index contributed by atoms with van der Waals surface area (Å²) in [6.45, 7) is 1.18. The van der Waals surface area contributed by atoms with E-state index >= 15 is 0 Å². The largest absolute Gasteiger partial charge is 0.360 e. The van der Waals surface area contributed by atoms with Crippen molar-refractivity contribution in [2.45, 2.75) is 25.3 Å². The van der Waals surface area contributed by atoms with Crippen LogP contribution in [-0.2, 0) is 14.6 Å². The lowest BCUT2D eigenvalue weighted by molar-refractivity contribution is -0.132. The van der Waals surface area contributed by atoms with E-state index < -0.39 is 9.84 Å². The Hall–Kier alpha value is -2.68. The third-order valence-electron chi connectivity index (χ3n) is 5.43. The van der Waals surface area contributed by atoms with E-state index in [0.717, 1.165) is 41.1 Å². The van der Waals surface area contributed by atoms with Crippen molar-refractivity contribution in [2.75, 3.05) is 25.1 Å². The summed E-state index contributed by atoms with van der Waals surface area (Å²) in [6, 6.07) is 4.86. The minimum absolute atomic E-state index is 0.0383. The third kappa shape index (κ3) is 4.34. The normalized spacial score (nSPS) is 15.9. The lowest BCUT2D eigenvalue weighted by atomic mass is 10.0. The highest BCUT2D eigenvalue weighted by Crippen LogP contribution is 2.30. The molecule has 1 amide bonds. The second kappa shape index (κ2) is 7.62. The maximum Gasteiger partial charge on any atom is 0.223 e. The fourth-order valence-electron chi connectivity index (χ4n) is 3.82. The van der Waals surface area contributed by atoms with Crippen molar-refractivity contribution in [3.8, 4) is 11.1 Å². The van der Waals surface area contributed by atoms with E-state index in [1.54, 1.807) is 17.2 Å². The molecule has 0 saturated carbocycles. The summed E-state index contributed by atoms with van der Waals surface area (Å²) in [7, 11) is -3.13. The van der Waals surface area contributed by atoms with E-state index in [1.807, 2.05) is 17.1 Å². The van der Waals surface area contributed by atoms with Crippen molar-refractivity contribution >= 4 is 26.6 Å². The summed E-state index contributed by atoms with van der Waals surface area (Å²) in [4.78, 5) is 17.0. The molecule has 0 atom stereocenters. The van der Waals surface area contributed by atoms with Gasteiger partial charge >= 0.3 is 0 Å². The van der Waals surface area contributed by atoms with Gasteiger partial charge in [0.25, 0.3) is 0 Å². The van der Waals surface area contributed by atoms with Crippen molar-refractivity contribution in [2.24, 2.45) is 0 Å². The zero-order valence-corrected chi connectivity index (χ0v) is 17.0. The number of carbonyl (C=O) groups is 1. The highest BCUT2D eigenvalue weighted by Gasteiger charge is 2.25. The predicted octanol–water partition coefficient (Wildman–Crippen LogP) is 2.77. The van der Waals surface area contributed by atoms with Crippen LogP contribution in [0.4, 0.5) is 4.39 Å². The van der Waals surface area contributed by atoms with Gasteiger partial charge < -0.3 is 9.88 Å². The first-order chi connectivity index (χ1) is 13.8. The molecule has 29 heavy (non-hydrogen) atoms. The molecule has 0 radical (unpaired) electrons. The average Bonchev–Trinajstić information content (AvgIpc) is 3.32. The van der Waals surface area contributed by atoms with Crippen LogP contribution in [0.25, 0.3) is 22.0 Å². The second-order valence-electron chi connectivity index (χ2n) is 7.59. The predicted molar refractivity (Wildman–Crippen MR) is 109 cm³/mol. The molecule has 0 unspecified atom stereocenters. The standard InChI is InChI=1S/C20H23FN4O3S/c1-29(27,28)9-6-20(26)24-7-4-16(5-8-24)25-13-14(11-23-25)18-12-22-19-10-15(21)2-3-17(18)19/h2-3,10-13,16,22H,4-9H2,1H3. The molecule has 3 aromatic rings. The Kier molecular flexibility index (Phi) is 5.16. The number of nitrogens with one attached hydrogen (secondary N) is 1. The van der Waals surface area contributed by atoms with Crippen molar-refractivity contribution in [3.05, 3.63) is 42.6 Å². The Bertz CT molecular complexity index is 1140. The number of piperidine rings is 1. The Balaban J connectivity index is 1.41. The number of hydrogen-bond donors (Lipinski definition) is 1. The monoisotopic (exact) mass is 418 g/mol. The van der Waals surface area contributed by atoms with Crippen LogP contribution >= 0.6 is 0 Å². The molecule has 0 aliphatic carbocycles. The highest BCUT2D eigenvalue weighted by atomic mass is 32.2. The molecular formula is C20H23FN4O3S. The van der Waals surface area contributed by atoms with E-state index in [-0.39, 0.29) is 29.9 Å². The number of benzene rings is 1. The lowest BCUT2D eigenvalue weighted by Gasteiger charge is -2.32. The summed E-state index contributed by atoms with van der Waals surface area (Å²) < 4.78 is 37.8. The second-order valence-corrected chi connectivity index (χ2v) is 9.85. The van der Waals surface area contributed by atoms with Crippen LogP contribution in [0, 0.1) is 5.82 Å². The first-order valence-electron chi connectivity index (χ1n) is 9.57. The van der Waals surface area contributed by atoms with Gasteiger partial charge in [0, 0.05) is 60.2 Å². The van der Waals surface area contributed by atoms with Gasteiger partial charge in [-0.05, 0) is 31.0 Å². The van der Waals surface area contributed by atoms with Crippen LogP contribution < -0.4 is 0 Å². The van der Waals surface area contributed by atoms with Crippen LogP contribution in [0.15, 0.2) is 36.8 Å². The van der Waals surface area contributed by atoms with Gasteiger partial charge in [0.15, 0.2) is 0 Å². The van der Waals surface area contributed by atoms with Gasteiger partial charge in [-0.25, -0.2) is 12.8 Å². The number of aromatic amines is 1. The SMILES string of the molecule is CS(=O)(=O)CCC(=O)N1CCC(n2cc(-c3c[nH]c4cc(F)ccc34)cn2)CC1. The Labute approximate surface area is 168 Å². The van der Waals surface area contributed by atoms with E-state index in [9.17, 15) is 17.6 Å². The summed E-state index contributed by atoms with van der Waals surface area (Å²) in [5.74, 6) is -0.497. The number of nitrogens with zero attached hydrogens (tertiary/aromatic N) is 3. The zero-order valence-electron chi connectivity index (χ0n) is 16.1. The fourth-order valence-corrected chi connectivity index (χ4v) is 4.37. The Morgan fingerprint density at radius 2 is 2.07 bits per heavy atom. The molecule has 9 heteroatoms. The first kappa shape index (κ1) is 19.6. The minimum atomic E-state index is -3.13. The number of halogens is 1. The quantitative estimate of drug-likeness (QED) is 0.690. The zero-order chi connectivity index (χ0) is 20.6. The molecular weight excluding hydrogens is 395 g/mol. The van der Waals surface area contributed by atoms with Gasteiger partial charge in [-0.3, -0.25) is 9.48 Å². The number of carbonyl (C=O) groups excluding carboxylic acids is 1. The number of fused-ring (bicyclic) bond motifs is 1. The molecule has 7 nitrogen and oxygen atoms in total. The number of amides is 1. The average molecular weight is 418 g/mol. The van der Waals surface area contributed by atoms with Gasteiger partial charge in [-0.1, -0.05) is 0 Å². The van der Waals surface area contributed by atoms with Crippen molar-refractivity contribution in [1.29, 1.82) is 0 Å². The maximum absolute atomic E-state index is 13.4. The summed E-state index contributed by atoms with van der Waals surface area (Å²) in [5, 5.41) is 5.45. The molecule has 0 spiro atoms. The minimum Gasteiger partial charge on any atom is -0.360 e. The topological polar surface area (TPSA) is 88.1 Å². The number of hydrogen-bond acceptors (Lipinski definition) is 4. The Morgan fingerprint density at radius 1 is 1.31 bits per heavy atom. The number of likely N-dealkylation sites (tertiary alicyclic amines) is 1. The number of aromatic nitrogens is 3. The number of sulfone groups is 1. The molecule has 4 rings (SSSR count). The molecule has 2 aromatic heterocycles. The summed E-state index contributed by atoms with van der Waals surface area (Å²) in [6.07, 6.45) is 8.36. The van der Waals surface area contributed by atoms with Crippen molar-refractivity contribution < 1.29 is 17.6 Å². The molecule has 1 aliphatic rings. The lowest BCUT2D eigenvalue weighted by Crippen LogP contribution is -2.39. The third-order valence-corrected chi connectivity index (χ3v) is 6.38. The van der Waals surface area contributed by atoms with E-state index in [1.165, 1.54) is 12.1 Å². The highest BCUT2D eigenvalue weighted by molar-refractivity contribution is 7.90. The number of rotatable bonds is 5. The van der Waals surface area contributed by atoms with Crippen LogP contribution in [0.1, 0.15) is 25.3 Å². The van der Waals surface area contributed by atoms with Crippen molar-refractivity contribution in [3.63, 3.8) is 0 Å². The molecule has 0 bridgehead atoms.